The minimum atomic E-state index is 0.280. The largest absolute Gasteiger partial charge is 0.300 e. The van der Waals surface area contributed by atoms with Gasteiger partial charge in [0, 0.05) is 18.8 Å². The molecule has 5 rings (SSSR count). The summed E-state index contributed by atoms with van der Waals surface area (Å²) in [6, 6.07) is 0. The van der Waals surface area contributed by atoms with E-state index in [-0.39, 0.29) is 5.92 Å². The molecule has 0 N–H and O–H groups in total. The van der Waals surface area contributed by atoms with Gasteiger partial charge >= 0.3 is 0 Å². The van der Waals surface area contributed by atoms with Gasteiger partial charge in [-0.2, -0.15) is 0 Å². The Bertz CT molecular complexity index is 460. The molecular formula is C20H30O2. The molecule has 22 heavy (non-hydrogen) atoms. The molecular weight excluding hydrogens is 272 g/mol. The Morgan fingerprint density at radius 2 is 1.50 bits per heavy atom. The van der Waals surface area contributed by atoms with Gasteiger partial charge in [-0.3, -0.25) is 9.59 Å². The smallest absolute Gasteiger partial charge is 0.133 e. The summed E-state index contributed by atoms with van der Waals surface area (Å²) in [5.41, 5.74) is 0. The number of carbonyl (C=O) groups excluding carboxylic acids is 2. The highest BCUT2D eigenvalue weighted by molar-refractivity contribution is 5.81. The predicted molar refractivity (Wildman–Crippen MR) is 86.3 cm³/mol. The van der Waals surface area contributed by atoms with Gasteiger partial charge < -0.3 is 0 Å². The fraction of sp³-hybridized carbons (Fsp3) is 0.900. The van der Waals surface area contributed by atoms with E-state index in [4.69, 9.17) is 0 Å². The van der Waals surface area contributed by atoms with Crippen molar-refractivity contribution in [3.63, 3.8) is 0 Å². The van der Waals surface area contributed by atoms with Gasteiger partial charge in [0.05, 0.1) is 0 Å². The monoisotopic (exact) mass is 302 g/mol. The third-order valence-corrected chi connectivity index (χ3v) is 7.65. The van der Waals surface area contributed by atoms with E-state index in [1.807, 2.05) is 0 Å². The maximum atomic E-state index is 12.6. The van der Waals surface area contributed by atoms with Crippen LogP contribution in [-0.4, -0.2) is 11.6 Å². The lowest BCUT2D eigenvalue weighted by Crippen LogP contribution is -2.33. The lowest BCUT2D eigenvalue weighted by Gasteiger charge is -2.42. The molecule has 0 aromatic rings. The van der Waals surface area contributed by atoms with Crippen molar-refractivity contribution in [2.45, 2.75) is 71.1 Å². The number of carbonyl (C=O) groups is 2. The Morgan fingerprint density at radius 3 is 2.09 bits per heavy atom. The van der Waals surface area contributed by atoms with Crippen molar-refractivity contribution in [2.24, 2.45) is 41.4 Å². The number of Topliss-reactive ketones (excluding diaryl/α,β-unsaturated/α-hetero) is 2. The Hall–Kier alpha value is -0.660. The van der Waals surface area contributed by atoms with Crippen molar-refractivity contribution in [3.8, 4) is 0 Å². The van der Waals surface area contributed by atoms with Crippen LogP contribution >= 0.6 is 0 Å². The lowest BCUT2D eigenvalue weighted by atomic mass is 9.63. The van der Waals surface area contributed by atoms with Crippen LogP contribution in [0.2, 0.25) is 0 Å². The second kappa shape index (κ2) is 5.76. The van der Waals surface area contributed by atoms with Crippen LogP contribution in [0.4, 0.5) is 0 Å². The van der Waals surface area contributed by atoms with Crippen molar-refractivity contribution in [1.29, 1.82) is 0 Å². The minimum Gasteiger partial charge on any atom is -0.300 e. The highest BCUT2D eigenvalue weighted by atomic mass is 16.1. The molecule has 5 unspecified atom stereocenters. The molecule has 0 radical (unpaired) electrons. The predicted octanol–water partition coefficient (Wildman–Crippen LogP) is 4.41. The van der Waals surface area contributed by atoms with Crippen LogP contribution in [0, 0.1) is 41.4 Å². The van der Waals surface area contributed by atoms with E-state index in [2.05, 4.69) is 0 Å². The molecule has 2 nitrogen and oxygen atoms in total. The quantitative estimate of drug-likeness (QED) is 0.753. The molecule has 0 amide bonds. The van der Waals surface area contributed by atoms with Crippen molar-refractivity contribution in [3.05, 3.63) is 0 Å². The van der Waals surface area contributed by atoms with Crippen molar-refractivity contribution in [2.75, 3.05) is 0 Å². The fourth-order valence-corrected chi connectivity index (χ4v) is 6.63. The van der Waals surface area contributed by atoms with Gasteiger partial charge in [0.1, 0.15) is 11.6 Å². The number of hydrogen-bond donors (Lipinski definition) is 0. The van der Waals surface area contributed by atoms with Crippen LogP contribution in [0.5, 0.6) is 0 Å². The van der Waals surface area contributed by atoms with E-state index in [0.29, 0.717) is 29.3 Å². The molecule has 5 atom stereocenters. The van der Waals surface area contributed by atoms with Gasteiger partial charge in [-0.25, -0.2) is 0 Å². The first-order valence-corrected chi connectivity index (χ1v) is 9.62. The van der Waals surface area contributed by atoms with E-state index in [1.165, 1.54) is 44.9 Å². The molecule has 0 heterocycles. The highest BCUT2D eigenvalue weighted by Gasteiger charge is 2.48. The first kappa shape index (κ1) is 14.9. The number of ketones is 2. The average molecular weight is 302 g/mol. The molecule has 0 saturated heterocycles. The average Bonchev–Trinajstić information content (AvgIpc) is 3.08. The Kier molecular flexibility index (Phi) is 3.90. The standard InChI is InChI=1S/C20H30O2/c1-12(21)19-8-14-7-17(20(19)9-14)11-18(22)10-16-6-13-2-4-15(16)5-3-13/h13-17,19-20H,2-11H2,1H3. The van der Waals surface area contributed by atoms with Gasteiger partial charge in [-0.05, 0) is 81.0 Å². The third kappa shape index (κ3) is 2.67. The van der Waals surface area contributed by atoms with Crippen LogP contribution in [0.1, 0.15) is 71.1 Å². The summed E-state index contributed by atoms with van der Waals surface area (Å²) >= 11 is 0. The summed E-state index contributed by atoms with van der Waals surface area (Å²) in [7, 11) is 0. The second-order valence-electron chi connectivity index (χ2n) is 8.94. The highest BCUT2D eigenvalue weighted by Crippen LogP contribution is 2.53. The third-order valence-electron chi connectivity index (χ3n) is 7.65. The molecule has 0 aromatic carbocycles. The summed E-state index contributed by atoms with van der Waals surface area (Å²) in [5, 5.41) is 0. The van der Waals surface area contributed by atoms with E-state index in [9.17, 15) is 9.59 Å². The zero-order valence-electron chi connectivity index (χ0n) is 13.9. The van der Waals surface area contributed by atoms with Crippen molar-refractivity contribution in [1.82, 2.24) is 0 Å². The molecule has 5 aliphatic carbocycles. The van der Waals surface area contributed by atoms with Crippen LogP contribution < -0.4 is 0 Å². The first-order valence-electron chi connectivity index (χ1n) is 9.62. The molecule has 122 valence electrons. The number of hydrogen-bond acceptors (Lipinski definition) is 2. The van der Waals surface area contributed by atoms with E-state index in [1.54, 1.807) is 6.92 Å². The van der Waals surface area contributed by atoms with Gasteiger partial charge in [0.2, 0.25) is 0 Å². The van der Waals surface area contributed by atoms with E-state index >= 15 is 0 Å². The Balaban J connectivity index is 1.32. The van der Waals surface area contributed by atoms with Crippen molar-refractivity contribution < 1.29 is 9.59 Å². The van der Waals surface area contributed by atoms with Crippen LogP contribution in [0.3, 0.4) is 0 Å². The molecule has 5 aliphatic rings. The SMILES string of the molecule is CC(=O)C1CC2CC(CC(=O)CC3CC4CCC3CC4)C1C2. The zero-order valence-corrected chi connectivity index (χ0v) is 13.9. The second-order valence-corrected chi connectivity index (χ2v) is 8.94. The Morgan fingerprint density at radius 1 is 0.818 bits per heavy atom. The van der Waals surface area contributed by atoms with E-state index < -0.39 is 0 Å². The Labute approximate surface area is 134 Å². The van der Waals surface area contributed by atoms with Gasteiger partial charge in [-0.15, -0.1) is 0 Å². The van der Waals surface area contributed by atoms with Gasteiger partial charge in [-0.1, -0.05) is 12.8 Å². The molecule has 5 saturated carbocycles. The lowest BCUT2D eigenvalue weighted by molar-refractivity contribution is -0.126. The van der Waals surface area contributed by atoms with Gasteiger partial charge in [0.25, 0.3) is 0 Å². The molecule has 0 aromatic heterocycles. The minimum absolute atomic E-state index is 0.280. The van der Waals surface area contributed by atoms with Crippen LogP contribution in [0.25, 0.3) is 0 Å². The molecule has 4 bridgehead atoms. The molecule has 0 aliphatic heterocycles. The maximum absolute atomic E-state index is 12.6. The van der Waals surface area contributed by atoms with Gasteiger partial charge in [0.15, 0.2) is 0 Å². The van der Waals surface area contributed by atoms with Crippen LogP contribution in [-0.2, 0) is 9.59 Å². The summed E-state index contributed by atoms with van der Waals surface area (Å²) in [5.74, 6) is 5.43. The van der Waals surface area contributed by atoms with Crippen LogP contribution in [0.15, 0.2) is 0 Å². The normalized spacial score (nSPS) is 46.1. The summed E-state index contributed by atoms with van der Waals surface area (Å²) in [6.07, 6.45) is 12.1. The number of rotatable bonds is 5. The molecule has 0 spiro atoms. The fourth-order valence-electron chi connectivity index (χ4n) is 6.63. The zero-order chi connectivity index (χ0) is 15.3. The topological polar surface area (TPSA) is 34.1 Å². The summed E-state index contributed by atoms with van der Waals surface area (Å²) in [6.45, 7) is 1.75. The maximum Gasteiger partial charge on any atom is 0.133 e. The molecule has 2 heteroatoms. The first-order chi connectivity index (χ1) is 10.6. The summed E-state index contributed by atoms with van der Waals surface area (Å²) < 4.78 is 0. The van der Waals surface area contributed by atoms with E-state index in [0.717, 1.165) is 37.0 Å². The molecule has 5 fully saturated rings. The summed E-state index contributed by atoms with van der Waals surface area (Å²) in [4.78, 5) is 24.4. The van der Waals surface area contributed by atoms with Crippen molar-refractivity contribution >= 4 is 11.6 Å². The number of fused-ring (bicyclic) bond motifs is 5.